The maximum absolute atomic E-state index is 11.1. The van der Waals surface area contributed by atoms with E-state index < -0.39 is 5.76 Å². The van der Waals surface area contributed by atoms with E-state index in [2.05, 4.69) is 4.98 Å². The highest BCUT2D eigenvalue weighted by Crippen LogP contribution is 2.33. The Kier molecular flexibility index (Phi) is 3.08. The number of aromatic nitrogens is 1. The number of halogens is 2. The monoisotopic (exact) mass is 310 g/mol. The van der Waals surface area contributed by atoms with Crippen LogP contribution in [0.15, 0.2) is 39.5 Å². The maximum Gasteiger partial charge on any atom is 0.417 e. The van der Waals surface area contributed by atoms with Crippen LogP contribution in [0.25, 0.3) is 11.1 Å². The van der Waals surface area contributed by atoms with Gasteiger partial charge in [0.1, 0.15) is 5.75 Å². The van der Waals surface area contributed by atoms with Gasteiger partial charge in [0.05, 0.1) is 11.2 Å². The molecule has 0 atom stereocenters. The number of nitrogens with one attached hydrogen (secondary N) is 1. The molecule has 0 amide bonds. The van der Waals surface area contributed by atoms with Crippen molar-refractivity contribution in [1.29, 1.82) is 0 Å². The Bertz CT molecular complexity index is 834. The van der Waals surface area contributed by atoms with Gasteiger partial charge >= 0.3 is 5.76 Å². The third-order valence-corrected chi connectivity index (χ3v) is 3.05. The summed E-state index contributed by atoms with van der Waals surface area (Å²) in [4.78, 5) is 13.6. The average molecular weight is 311 g/mol. The number of aromatic amines is 1. The molecule has 1 heterocycles. The van der Waals surface area contributed by atoms with Crippen LogP contribution in [0, 0.1) is 0 Å². The summed E-state index contributed by atoms with van der Waals surface area (Å²) in [5.41, 5.74) is 7.04. The lowest BCUT2D eigenvalue weighted by Gasteiger charge is -2.09. The molecule has 1 aromatic heterocycles. The first-order valence-electron chi connectivity index (χ1n) is 5.57. The largest absolute Gasteiger partial charge is 0.455 e. The molecule has 0 aliphatic carbocycles. The second-order valence-corrected chi connectivity index (χ2v) is 4.98. The quantitative estimate of drug-likeness (QED) is 0.705. The minimum absolute atomic E-state index is 0.330. The fraction of sp³-hybridized carbons (Fsp3) is 0. The normalized spacial score (nSPS) is 10.9. The molecular formula is C13H8Cl2N2O3. The van der Waals surface area contributed by atoms with Crippen molar-refractivity contribution >= 4 is 40.0 Å². The lowest BCUT2D eigenvalue weighted by molar-refractivity contribution is 0.485. The molecule has 0 saturated carbocycles. The number of anilines is 1. The van der Waals surface area contributed by atoms with E-state index in [0.29, 0.717) is 38.3 Å². The second-order valence-electron chi connectivity index (χ2n) is 4.11. The van der Waals surface area contributed by atoms with Crippen LogP contribution in [0.3, 0.4) is 0 Å². The summed E-state index contributed by atoms with van der Waals surface area (Å²) >= 11 is 11.8. The van der Waals surface area contributed by atoms with Crippen LogP contribution in [-0.4, -0.2) is 4.98 Å². The summed E-state index contributed by atoms with van der Waals surface area (Å²) in [6, 6.07) is 7.89. The Morgan fingerprint density at radius 2 is 1.80 bits per heavy atom. The Morgan fingerprint density at radius 1 is 1.10 bits per heavy atom. The highest BCUT2D eigenvalue weighted by Gasteiger charge is 2.09. The standard InChI is InChI=1S/C13H8Cl2N2O3/c14-6-1-7(15)3-8(2-6)19-11-5-10-12(4-9(11)16)20-13(18)17-10/h1-5H,16H2,(H,17,18). The van der Waals surface area contributed by atoms with Gasteiger partial charge in [-0.25, -0.2) is 4.79 Å². The molecule has 0 radical (unpaired) electrons. The van der Waals surface area contributed by atoms with E-state index in [0.717, 1.165) is 0 Å². The third-order valence-electron chi connectivity index (χ3n) is 2.62. The summed E-state index contributed by atoms with van der Waals surface area (Å²) in [6.45, 7) is 0. The molecule has 3 rings (SSSR count). The molecule has 3 N–H and O–H groups in total. The van der Waals surface area contributed by atoms with Gasteiger partial charge in [-0.05, 0) is 18.2 Å². The van der Waals surface area contributed by atoms with Gasteiger partial charge in [-0.15, -0.1) is 0 Å². The molecule has 0 fully saturated rings. The zero-order valence-corrected chi connectivity index (χ0v) is 11.5. The van der Waals surface area contributed by atoms with E-state index in [-0.39, 0.29) is 0 Å². The lowest BCUT2D eigenvalue weighted by Crippen LogP contribution is -1.93. The fourth-order valence-electron chi connectivity index (χ4n) is 1.80. The van der Waals surface area contributed by atoms with Crippen LogP contribution in [-0.2, 0) is 0 Å². The number of rotatable bonds is 2. The molecule has 102 valence electrons. The Balaban J connectivity index is 2.05. The van der Waals surface area contributed by atoms with Crippen molar-refractivity contribution < 1.29 is 9.15 Å². The first-order valence-corrected chi connectivity index (χ1v) is 6.33. The van der Waals surface area contributed by atoms with Gasteiger partial charge in [-0.3, -0.25) is 4.98 Å². The predicted molar refractivity (Wildman–Crippen MR) is 77.8 cm³/mol. The number of fused-ring (bicyclic) bond motifs is 1. The van der Waals surface area contributed by atoms with E-state index in [4.69, 9.17) is 38.1 Å². The highest BCUT2D eigenvalue weighted by molar-refractivity contribution is 6.34. The van der Waals surface area contributed by atoms with Crippen LogP contribution in [0.1, 0.15) is 0 Å². The minimum atomic E-state index is -0.553. The smallest absolute Gasteiger partial charge is 0.417 e. The highest BCUT2D eigenvalue weighted by atomic mass is 35.5. The van der Waals surface area contributed by atoms with Crippen molar-refractivity contribution in [3.05, 3.63) is 50.9 Å². The molecule has 3 aromatic rings. The zero-order chi connectivity index (χ0) is 14.3. The number of ether oxygens (including phenoxy) is 1. The summed E-state index contributed by atoms with van der Waals surface area (Å²) in [5.74, 6) is 0.259. The molecule has 0 spiro atoms. The molecule has 0 bridgehead atoms. The summed E-state index contributed by atoms with van der Waals surface area (Å²) < 4.78 is 10.5. The van der Waals surface area contributed by atoms with Gasteiger partial charge < -0.3 is 14.9 Å². The van der Waals surface area contributed by atoms with Crippen LogP contribution < -0.4 is 16.2 Å². The Hall–Kier alpha value is -2.11. The topological polar surface area (TPSA) is 81.2 Å². The van der Waals surface area contributed by atoms with Gasteiger partial charge in [0.25, 0.3) is 0 Å². The first kappa shape index (κ1) is 12.9. The zero-order valence-electron chi connectivity index (χ0n) is 9.94. The number of H-pyrrole nitrogens is 1. The maximum atomic E-state index is 11.1. The van der Waals surface area contributed by atoms with Gasteiger partial charge in [0.15, 0.2) is 11.3 Å². The number of nitrogens with two attached hydrogens (primary N) is 1. The molecule has 0 aliphatic heterocycles. The third kappa shape index (κ3) is 2.45. The SMILES string of the molecule is Nc1cc2oc(=O)[nH]c2cc1Oc1cc(Cl)cc(Cl)c1. The van der Waals surface area contributed by atoms with Gasteiger partial charge in [0, 0.05) is 22.2 Å². The van der Waals surface area contributed by atoms with Gasteiger partial charge in [-0.2, -0.15) is 0 Å². The number of nitrogen functional groups attached to an aromatic ring is 1. The molecule has 20 heavy (non-hydrogen) atoms. The molecule has 0 aliphatic rings. The molecule has 7 heteroatoms. The average Bonchev–Trinajstić information content (AvgIpc) is 2.67. The Labute approximate surface area is 122 Å². The van der Waals surface area contributed by atoms with E-state index in [9.17, 15) is 4.79 Å². The number of hydrogen-bond acceptors (Lipinski definition) is 4. The van der Waals surface area contributed by atoms with Crippen molar-refractivity contribution in [2.75, 3.05) is 5.73 Å². The molecule has 2 aromatic carbocycles. The number of oxazole rings is 1. The van der Waals surface area contributed by atoms with Crippen molar-refractivity contribution in [2.24, 2.45) is 0 Å². The molecule has 0 saturated heterocycles. The van der Waals surface area contributed by atoms with E-state index >= 15 is 0 Å². The minimum Gasteiger partial charge on any atom is -0.455 e. The van der Waals surface area contributed by atoms with E-state index in [1.807, 2.05) is 0 Å². The van der Waals surface area contributed by atoms with Crippen molar-refractivity contribution in [1.82, 2.24) is 4.98 Å². The Morgan fingerprint density at radius 3 is 2.50 bits per heavy atom. The van der Waals surface area contributed by atoms with Crippen LogP contribution in [0.2, 0.25) is 10.0 Å². The number of hydrogen-bond donors (Lipinski definition) is 2. The molecule has 0 unspecified atom stereocenters. The molecule has 5 nitrogen and oxygen atoms in total. The summed E-state index contributed by atoms with van der Waals surface area (Å²) in [7, 11) is 0. The van der Waals surface area contributed by atoms with Gasteiger partial charge in [0.2, 0.25) is 0 Å². The number of benzene rings is 2. The van der Waals surface area contributed by atoms with Crippen molar-refractivity contribution in [2.45, 2.75) is 0 Å². The van der Waals surface area contributed by atoms with E-state index in [1.54, 1.807) is 24.3 Å². The predicted octanol–water partition coefficient (Wildman–Crippen LogP) is 3.80. The lowest BCUT2D eigenvalue weighted by atomic mass is 10.2. The van der Waals surface area contributed by atoms with Crippen molar-refractivity contribution in [3.63, 3.8) is 0 Å². The fourth-order valence-corrected chi connectivity index (χ4v) is 2.30. The summed E-state index contributed by atoms with van der Waals surface area (Å²) in [6.07, 6.45) is 0. The van der Waals surface area contributed by atoms with Crippen molar-refractivity contribution in [3.8, 4) is 11.5 Å². The van der Waals surface area contributed by atoms with Crippen LogP contribution >= 0.6 is 23.2 Å². The second kappa shape index (κ2) is 4.77. The van der Waals surface area contributed by atoms with Crippen LogP contribution in [0.4, 0.5) is 5.69 Å². The summed E-state index contributed by atoms with van der Waals surface area (Å²) in [5, 5.41) is 0.896. The van der Waals surface area contributed by atoms with Gasteiger partial charge in [-0.1, -0.05) is 23.2 Å². The molecular weight excluding hydrogens is 303 g/mol. The first-order chi connectivity index (χ1) is 9.51. The van der Waals surface area contributed by atoms with E-state index in [1.165, 1.54) is 6.07 Å². The van der Waals surface area contributed by atoms with Crippen LogP contribution in [0.5, 0.6) is 11.5 Å².